The van der Waals surface area contributed by atoms with Crippen LogP contribution in [0.4, 0.5) is 11.5 Å². The molecule has 2 aromatic carbocycles. The molecule has 5 heterocycles. The summed E-state index contributed by atoms with van der Waals surface area (Å²) in [4.78, 5) is 72.8. The van der Waals surface area contributed by atoms with Crippen LogP contribution in [0.15, 0.2) is 71.1 Å². The van der Waals surface area contributed by atoms with E-state index in [1.54, 1.807) is 18.2 Å². The second kappa shape index (κ2) is 25.0. The number of hydrogen-bond acceptors (Lipinski definition) is 13. The number of rotatable bonds is 24. The molecule has 16 nitrogen and oxygen atoms in total. The summed E-state index contributed by atoms with van der Waals surface area (Å²) in [6.07, 6.45) is 16.0. The van der Waals surface area contributed by atoms with Crippen molar-refractivity contribution in [2.45, 2.75) is 142 Å². The Labute approximate surface area is 424 Å². The highest BCUT2D eigenvalue weighted by Gasteiger charge is 2.46. The van der Waals surface area contributed by atoms with Gasteiger partial charge in [0.2, 0.25) is 11.8 Å². The number of amides is 5. The van der Waals surface area contributed by atoms with Gasteiger partial charge in [-0.2, -0.15) is 0 Å². The number of hydrogen-bond donors (Lipinski definition) is 6. The van der Waals surface area contributed by atoms with Crippen LogP contribution in [0.5, 0.6) is 5.75 Å². The summed E-state index contributed by atoms with van der Waals surface area (Å²) in [6.45, 7) is 11.7. The number of fused-ring (bicyclic) bond motifs is 2. The summed E-state index contributed by atoms with van der Waals surface area (Å²) < 4.78 is 11.7. The fourth-order valence-corrected chi connectivity index (χ4v) is 11.0. The average Bonchev–Trinajstić information content (AvgIpc) is 3.64. The highest BCUT2D eigenvalue weighted by Crippen LogP contribution is 2.38. The van der Waals surface area contributed by atoms with Crippen molar-refractivity contribution in [3.8, 4) is 16.9 Å². The number of unbranched alkanes of at least 4 members (excludes halogenated alkanes) is 7. The zero-order chi connectivity index (χ0) is 50.6. The average molecular weight is 987 g/mol. The first kappa shape index (κ1) is 52.2. The van der Waals surface area contributed by atoms with Crippen molar-refractivity contribution in [3.05, 3.63) is 93.3 Å². The first-order valence-electron chi connectivity index (χ1n) is 26.6. The lowest BCUT2D eigenvalue weighted by molar-refractivity contribution is -0.136. The van der Waals surface area contributed by atoms with Gasteiger partial charge < -0.3 is 40.7 Å². The van der Waals surface area contributed by atoms with E-state index in [0.717, 1.165) is 154 Å². The third kappa shape index (κ3) is 12.4. The molecule has 8 rings (SSSR count). The largest absolute Gasteiger partial charge is 0.493 e. The molecule has 3 aromatic rings. The zero-order valence-electron chi connectivity index (χ0n) is 42.5. The summed E-state index contributed by atoms with van der Waals surface area (Å²) in [5.74, 6) is -1.13. The topological polar surface area (TPSA) is 204 Å². The minimum atomic E-state index is -1.00. The molecule has 2 unspecified atom stereocenters. The number of aliphatic hydroxyl groups is 1. The third-order valence-electron chi connectivity index (χ3n) is 15.0. The van der Waals surface area contributed by atoms with Gasteiger partial charge in [-0.3, -0.25) is 34.2 Å². The number of aromatic nitrogens is 1. The molecule has 1 aromatic heterocycles. The van der Waals surface area contributed by atoms with Crippen molar-refractivity contribution in [3.63, 3.8) is 0 Å². The minimum absolute atomic E-state index is 0.0764. The van der Waals surface area contributed by atoms with Gasteiger partial charge in [-0.25, -0.2) is 4.98 Å². The lowest BCUT2D eigenvalue weighted by Gasteiger charge is -2.37. The maximum Gasteiger partial charge on any atom is 0.266 e. The number of benzene rings is 2. The number of dihydropyridines is 1. The van der Waals surface area contributed by atoms with Crippen LogP contribution in [0.3, 0.4) is 0 Å². The van der Waals surface area contributed by atoms with Crippen LogP contribution in [-0.2, 0) is 14.3 Å². The molecule has 0 spiro atoms. The number of carbonyl (C=O) groups excluding carboxylic acids is 5. The molecular weight excluding hydrogens is 913 g/mol. The van der Waals surface area contributed by atoms with E-state index in [-0.39, 0.29) is 36.4 Å². The Morgan fingerprint density at radius 1 is 0.861 bits per heavy atom. The molecule has 0 radical (unpaired) electrons. The normalized spacial score (nSPS) is 19.2. The predicted molar refractivity (Wildman–Crippen MR) is 278 cm³/mol. The van der Waals surface area contributed by atoms with Gasteiger partial charge in [0.05, 0.1) is 17.7 Å². The van der Waals surface area contributed by atoms with Crippen molar-refractivity contribution in [1.82, 2.24) is 31.2 Å². The number of aliphatic hydroxyl groups excluding tert-OH is 1. The van der Waals surface area contributed by atoms with E-state index in [0.29, 0.717) is 24.0 Å². The number of ether oxygens (including phenoxy) is 2. The molecule has 2 saturated heterocycles. The second-order valence-corrected chi connectivity index (χ2v) is 19.8. The molecule has 5 aliphatic rings. The summed E-state index contributed by atoms with van der Waals surface area (Å²) in [7, 11) is 0. The molecule has 6 N–H and O–H groups in total. The molecule has 1 aliphatic carbocycles. The number of imide groups is 2. The van der Waals surface area contributed by atoms with Crippen LogP contribution in [0, 0.1) is 6.92 Å². The molecular formula is C56H74N8O8. The number of allylic oxidation sites excluding steroid dienone is 3. The molecule has 386 valence electrons. The Hall–Kier alpha value is -6.10. The quantitative estimate of drug-likeness (QED) is 0.0382. The van der Waals surface area contributed by atoms with E-state index in [9.17, 15) is 29.1 Å². The van der Waals surface area contributed by atoms with Gasteiger partial charge in [0, 0.05) is 86.1 Å². The summed E-state index contributed by atoms with van der Waals surface area (Å²) in [5.41, 5.74) is 9.26. The first-order chi connectivity index (χ1) is 35.0. The lowest BCUT2D eigenvalue weighted by Crippen LogP contribution is -2.54. The van der Waals surface area contributed by atoms with Crippen molar-refractivity contribution in [1.29, 1.82) is 0 Å². The van der Waals surface area contributed by atoms with E-state index < -0.39 is 35.9 Å². The number of nitrogens with zero attached hydrogens (tertiary/aromatic N) is 3. The Morgan fingerprint density at radius 2 is 1.61 bits per heavy atom. The van der Waals surface area contributed by atoms with Crippen molar-refractivity contribution >= 4 is 41.0 Å². The van der Waals surface area contributed by atoms with Gasteiger partial charge in [0.1, 0.15) is 23.8 Å². The van der Waals surface area contributed by atoms with Gasteiger partial charge >= 0.3 is 0 Å². The Bertz CT molecular complexity index is 2520. The molecule has 4 aliphatic heterocycles. The Balaban J connectivity index is 0.738. The maximum atomic E-state index is 14.2. The highest BCUT2D eigenvalue weighted by molar-refractivity contribution is 6.24. The smallest absolute Gasteiger partial charge is 0.266 e. The molecule has 5 amide bonds. The Kier molecular flexibility index (Phi) is 18.2. The number of anilines is 2. The van der Waals surface area contributed by atoms with Crippen molar-refractivity contribution in [2.75, 3.05) is 62.8 Å². The molecule has 2 atom stereocenters. The summed E-state index contributed by atoms with van der Waals surface area (Å²) >= 11 is 0. The molecule has 0 bridgehead atoms. The summed E-state index contributed by atoms with van der Waals surface area (Å²) in [6, 6.07) is 12.5. The van der Waals surface area contributed by atoms with Crippen LogP contribution >= 0.6 is 0 Å². The number of carbonyl (C=O) groups is 5. The number of piperidine rings is 1. The van der Waals surface area contributed by atoms with E-state index in [4.69, 9.17) is 14.5 Å². The molecule has 16 heteroatoms. The van der Waals surface area contributed by atoms with E-state index >= 15 is 0 Å². The molecule has 72 heavy (non-hydrogen) atoms. The number of pyridine rings is 1. The second-order valence-electron chi connectivity index (χ2n) is 19.8. The van der Waals surface area contributed by atoms with Gasteiger partial charge in [0.25, 0.3) is 17.7 Å². The first-order valence-corrected chi connectivity index (χ1v) is 26.6. The lowest BCUT2D eigenvalue weighted by atomic mass is 9.82. The maximum absolute atomic E-state index is 14.2. The van der Waals surface area contributed by atoms with Crippen molar-refractivity contribution in [2.24, 2.45) is 0 Å². The summed E-state index contributed by atoms with van der Waals surface area (Å²) in [5, 5.41) is 26.7. The van der Waals surface area contributed by atoms with Crippen molar-refractivity contribution < 1.29 is 38.6 Å². The van der Waals surface area contributed by atoms with Crippen LogP contribution in [0.25, 0.3) is 11.1 Å². The monoisotopic (exact) mass is 987 g/mol. The predicted octanol–water partition coefficient (Wildman–Crippen LogP) is 7.46. The van der Waals surface area contributed by atoms with E-state index in [1.807, 2.05) is 32.2 Å². The SMILES string of the molecule is CCN(c1cc(-c2ccc(NCCNCCCCCCCCCCOc3cccc4c3C(=O)N(C3CCC(=O)NC3=O)C4=O)nc2)cc(C(=O)NCC2=C3CCCCC3=C(C)NC2O)c1C)C1CCOCC1. The van der Waals surface area contributed by atoms with Crippen LogP contribution in [0.2, 0.25) is 0 Å². The van der Waals surface area contributed by atoms with Gasteiger partial charge in [-0.15, -0.1) is 0 Å². The van der Waals surface area contributed by atoms with Gasteiger partial charge in [0.15, 0.2) is 0 Å². The molecule has 1 saturated carbocycles. The van der Waals surface area contributed by atoms with Crippen LogP contribution < -0.4 is 36.2 Å². The Morgan fingerprint density at radius 3 is 2.35 bits per heavy atom. The minimum Gasteiger partial charge on any atom is -0.493 e. The standard InChI is InChI=1S/C56H74N8O8/c1-4-63(40-24-30-71-31-25-40)47-33-39(32-44(36(47)2)52(66)60-35-45-42-17-12-11-16-41(42)37(3)61-53(45)67)38-20-22-49(59-34-38)58-28-27-57-26-13-9-7-5-6-8-10-14-29-72-48-19-15-18-43-51(48)56(70)64(55(43)69)46-21-23-50(65)62-54(46)68/h15,18-20,22,32-34,40,46,53,57,61,67H,4-14,16-17,21,23-31,35H2,1-3H3,(H,58,59)(H,60,66)(H,62,65,68). The highest BCUT2D eigenvalue weighted by atomic mass is 16.5. The molecule has 3 fully saturated rings. The van der Waals surface area contributed by atoms with Crippen LogP contribution in [-0.4, -0.2) is 115 Å². The third-order valence-corrected chi connectivity index (χ3v) is 15.0. The van der Waals surface area contributed by atoms with Gasteiger partial charge in [-0.05, 0) is 144 Å². The van der Waals surface area contributed by atoms with E-state index in [2.05, 4.69) is 50.5 Å². The number of nitrogens with one attached hydrogen (secondary N) is 5. The zero-order valence-corrected chi connectivity index (χ0v) is 42.5. The van der Waals surface area contributed by atoms with Crippen LogP contribution in [0.1, 0.15) is 153 Å². The van der Waals surface area contributed by atoms with Gasteiger partial charge in [-0.1, -0.05) is 44.6 Å². The van der Waals surface area contributed by atoms with E-state index in [1.165, 1.54) is 30.4 Å². The fourth-order valence-electron chi connectivity index (χ4n) is 11.0. The fraction of sp³-hybridized carbons (Fsp3) is 0.536.